The topological polar surface area (TPSA) is 49.5 Å². The van der Waals surface area contributed by atoms with Crippen molar-refractivity contribution in [3.05, 3.63) is 29.6 Å². The van der Waals surface area contributed by atoms with Crippen molar-refractivity contribution in [2.75, 3.05) is 24.6 Å². The molecule has 0 aliphatic heterocycles. The van der Waals surface area contributed by atoms with E-state index in [1.54, 1.807) is 0 Å². The fraction of sp³-hybridized carbons (Fsp3) is 0.364. The Labute approximate surface area is 112 Å². The van der Waals surface area contributed by atoms with Crippen molar-refractivity contribution >= 4 is 22.9 Å². The smallest absolute Gasteiger partial charge is 0.395 e. The second-order valence-corrected chi connectivity index (χ2v) is 4.23. The van der Waals surface area contributed by atoms with E-state index in [0.29, 0.717) is 4.90 Å². The quantitative estimate of drug-likeness (QED) is 0.643. The molecule has 8 heteroatoms. The average molecular weight is 296 g/mol. The lowest BCUT2D eigenvalue weighted by atomic mass is 10.2. The SMILES string of the molecule is NC(=S)c1ccc(N(CCO)CC(F)(F)F)c(F)c1. The van der Waals surface area contributed by atoms with Gasteiger partial charge in [-0.2, -0.15) is 13.2 Å². The second kappa shape index (κ2) is 6.16. The van der Waals surface area contributed by atoms with Gasteiger partial charge in [-0.15, -0.1) is 0 Å². The molecular weight excluding hydrogens is 284 g/mol. The van der Waals surface area contributed by atoms with Crippen molar-refractivity contribution in [1.82, 2.24) is 0 Å². The number of halogens is 4. The van der Waals surface area contributed by atoms with Gasteiger partial charge in [0.2, 0.25) is 0 Å². The molecule has 106 valence electrons. The highest BCUT2D eigenvalue weighted by atomic mass is 32.1. The monoisotopic (exact) mass is 296 g/mol. The van der Waals surface area contributed by atoms with Gasteiger partial charge in [0.1, 0.15) is 17.4 Å². The standard InChI is InChI=1S/C11H12F4N2OS/c12-8-5-7(10(16)19)1-2-9(8)17(3-4-18)6-11(13,14)15/h1-2,5,18H,3-4,6H2,(H2,16,19). The number of nitrogens with two attached hydrogens (primary N) is 1. The summed E-state index contributed by atoms with van der Waals surface area (Å²) < 4.78 is 50.9. The van der Waals surface area contributed by atoms with Crippen LogP contribution >= 0.6 is 12.2 Å². The molecule has 1 aromatic rings. The second-order valence-electron chi connectivity index (χ2n) is 3.79. The molecule has 0 atom stereocenters. The van der Waals surface area contributed by atoms with Gasteiger partial charge in [0.25, 0.3) is 0 Å². The minimum Gasteiger partial charge on any atom is -0.395 e. The summed E-state index contributed by atoms with van der Waals surface area (Å²) in [5, 5.41) is 8.76. The van der Waals surface area contributed by atoms with Crippen LogP contribution in [0.15, 0.2) is 18.2 Å². The molecule has 0 amide bonds. The highest BCUT2D eigenvalue weighted by Gasteiger charge is 2.31. The molecule has 0 bridgehead atoms. The number of aliphatic hydroxyl groups excluding tert-OH is 1. The Bertz CT molecular complexity index is 464. The zero-order valence-corrected chi connectivity index (χ0v) is 10.6. The number of benzene rings is 1. The summed E-state index contributed by atoms with van der Waals surface area (Å²) in [4.78, 5) is 0.661. The van der Waals surface area contributed by atoms with E-state index in [9.17, 15) is 17.6 Å². The van der Waals surface area contributed by atoms with E-state index >= 15 is 0 Å². The van der Waals surface area contributed by atoms with Gasteiger partial charge < -0.3 is 15.7 Å². The Balaban J connectivity index is 3.06. The normalized spacial score (nSPS) is 11.4. The van der Waals surface area contributed by atoms with Crippen LogP contribution in [0, 0.1) is 5.82 Å². The number of hydrogen-bond acceptors (Lipinski definition) is 3. The van der Waals surface area contributed by atoms with E-state index in [2.05, 4.69) is 12.2 Å². The summed E-state index contributed by atoms with van der Waals surface area (Å²) in [6, 6.07) is 3.46. The Hall–Kier alpha value is -1.41. The first kappa shape index (κ1) is 15.6. The van der Waals surface area contributed by atoms with E-state index in [4.69, 9.17) is 10.8 Å². The molecule has 1 aromatic carbocycles. The van der Waals surface area contributed by atoms with Crippen LogP contribution in [0.1, 0.15) is 5.56 Å². The molecule has 19 heavy (non-hydrogen) atoms. The fourth-order valence-corrected chi connectivity index (χ4v) is 1.67. The molecule has 1 rings (SSSR count). The summed E-state index contributed by atoms with van der Waals surface area (Å²) in [7, 11) is 0. The van der Waals surface area contributed by atoms with Crippen LogP contribution in [0.3, 0.4) is 0 Å². The third-order valence-corrected chi connectivity index (χ3v) is 2.55. The predicted octanol–water partition coefficient (Wildman–Crippen LogP) is 1.82. The van der Waals surface area contributed by atoms with Crippen molar-refractivity contribution in [2.45, 2.75) is 6.18 Å². The van der Waals surface area contributed by atoms with E-state index in [0.717, 1.165) is 12.1 Å². The minimum absolute atomic E-state index is 0.0463. The molecule has 0 unspecified atom stereocenters. The van der Waals surface area contributed by atoms with Crippen LogP contribution in [0.5, 0.6) is 0 Å². The Morgan fingerprint density at radius 2 is 2.00 bits per heavy atom. The zero-order valence-electron chi connectivity index (χ0n) is 9.75. The summed E-state index contributed by atoms with van der Waals surface area (Å²) in [6.07, 6.45) is -4.50. The van der Waals surface area contributed by atoms with Crippen LogP contribution < -0.4 is 10.6 Å². The van der Waals surface area contributed by atoms with Gasteiger partial charge in [-0.25, -0.2) is 4.39 Å². The van der Waals surface area contributed by atoms with Gasteiger partial charge in [-0.05, 0) is 18.2 Å². The maximum atomic E-state index is 13.8. The van der Waals surface area contributed by atoms with Crippen LogP contribution in [0.2, 0.25) is 0 Å². The van der Waals surface area contributed by atoms with Crippen LogP contribution in [0.25, 0.3) is 0 Å². The molecule has 0 aliphatic carbocycles. The molecule has 0 aliphatic rings. The van der Waals surface area contributed by atoms with Crippen LogP contribution in [-0.2, 0) is 0 Å². The number of hydrogen-bond donors (Lipinski definition) is 2. The fourth-order valence-electron chi connectivity index (χ4n) is 1.54. The van der Waals surface area contributed by atoms with Gasteiger partial charge >= 0.3 is 6.18 Å². The molecule has 0 saturated carbocycles. The molecule has 0 radical (unpaired) electrons. The maximum Gasteiger partial charge on any atom is 0.405 e. The average Bonchev–Trinajstić information content (AvgIpc) is 2.26. The number of rotatable bonds is 5. The van der Waals surface area contributed by atoms with E-state index in [1.807, 2.05) is 0 Å². The first-order valence-corrected chi connectivity index (χ1v) is 5.67. The van der Waals surface area contributed by atoms with Crippen LogP contribution in [-0.4, -0.2) is 36.0 Å². The van der Waals surface area contributed by atoms with Gasteiger partial charge in [-0.3, -0.25) is 0 Å². The van der Waals surface area contributed by atoms with Crippen molar-refractivity contribution in [3.8, 4) is 0 Å². The first-order chi connectivity index (χ1) is 8.74. The molecular formula is C11H12F4N2OS. The zero-order chi connectivity index (χ0) is 14.6. The maximum absolute atomic E-state index is 13.8. The van der Waals surface area contributed by atoms with E-state index < -0.39 is 25.1 Å². The van der Waals surface area contributed by atoms with Gasteiger partial charge in [0.15, 0.2) is 0 Å². The lowest BCUT2D eigenvalue weighted by molar-refractivity contribution is -0.119. The lowest BCUT2D eigenvalue weighted by Crippen LogP contribution is -2.36. The molecule has 0 saturated heterocycles. The lowest BCUT2D eigenvalue weighted by Gasteiger charge is -2.25. The third-order valence-electron chi connectivity index (χ3n) is 2.31. The van der Waals surface area contributed by atoms with E-state index in [1.165, 1.54) is 6.07 Å². The Morgan fingerprint density at radius 3 is 2.42 bits per heavy atom. The number of nitrogens with zero attached hydrogens (tertiary/aromatic N) is 1. The third kappa shape index (κ3) is 4.64. The highest BCUT2D eigenvalue weighted by Crippen LogP contribution is 2.25. The Kier molecular flexibility index (Phi) is 5.07. The summed E-state index contributed by atoms with van der Waals surface area (Å²) >= 11 is 4.65. The molecule has 0 fully saturated rings. The number of aliphatic hydroxyl groups is 1. The van der Waals surface area contributed by atoms with Crippen LogP contribution in [0.4, 0.5) is 23.2 Å². The first-order valence-electron chi connectivity index (χ1n) is 5.26. The number of alkyl halides is 3. The highest BCUT2D eigenvalue weighted by molar-refractivity contribution is 7.80. The predicted molar refractivity (Wildman–Crippen MR) is 67.6 cm³/mol. The van der Waals surface area contributed by atoms with Crippen molar-refractivity contribution < 1.29 is 22.7 Å². The van der Waals surface area contributed by atoms with Gasteiger partial charge in [0, 0.05) is 12.1 Å². The van der Waals surface area contributed by atoms with Crippen molar-refractivity contribution in [1.29, 1.82) is 0 Å². The van der Waals surface area contributed by atoms with Crippen molar-refractivity contribution in [2.24, 2.45) is 5.73 Å². The molecule has 0 aromatic heterocycles. The summed E-state index contributed by atoms with van der Waals surface area (Å²) in [6.45, 7) is -2.20. The minimum atomic E-state index is -4.50. The van der Waals surface area contributed by atoms with Gasteiger partial charge in [-0.1, -0.05) is 12.2 Å². The van der Waals surface area contributed by atoms with Crippen molar-refractivity contribution in [3.63, 3.8) is 0 Å². The molecule has 0 spiro atoms. The molecule has 0 heterocycles. The Morgan fingerprint density at radius 1 is 1.37 bits per heavy atom. The largest absolute Gasteiger partial charge is 0.405 e. The summed E-state index contributed by atoms with van der Waals surface area (Å²) in [5.74, 6) is -0.872. The van der Waals surface area contributed by atoms with Gasteiger partial charge in [0.05, 0.1) is 12.3 Å². The molecule has 3 N–H and O–H groups in total. The summed E-state index contributed by atoms with van der Waals surface area (Å²) in [5.41, 5.74) is 5.27. The molecule has 3 nitrogen and oxygen atoms in total. The van der Waals surface area contributed by atoms with E-state index in [-0.39, 0.29) is 22.8 Å². The number of anilines is 1. The number of thiocarbonyl (C=S) groups is 1.